The number of alkyl halides is 3. The number of para-hydroxylation sites is 2. The normalized spacial score (nSPS) is 13.2. The summed E-state index contributed by atoms with van der Waals surface area (Å²) in [5, 5.41) is 0. The highest BCUT2D eigenvalue weighted by Gasteiger charge is 2.33. The molecule has 0 aliphatic heterocycles. The van der Waals surface area contributed by atoms with Gasteiger partial charge in [0, 0.05) is 0 Å². The van der Waals surface area contributed by atoms with Crippen LogP contribution in [-0.4, -0.2) is 12.3 Å². The lowest BCUT2D eigenvalue weighted by Gasteiger charge is -2.18. The molecule has 0 aromatic heterocycles. The van der Waals surface area contributed by atoms with E-state index in [4.69, 9.17) is 4.74 Å². The standard InChI is InChI=1S/C14H17F3O3/c1-4-10(9(2)3)13(18)19-11-7-5-6-8-12(11)20-14(15,16)17/h5-10H,4H2,1-3H3. The van der Waals surface area contributed by atoms with Crippen LogP contribution in [0.5, 0.6) is 11.5 Å². The molecule has 0 saturated heterocycles. The molecule has 1 aromatic carbocycles. The molecule has 112 valence electrons. The van der Waals surface area contributed by atoms with E-state index in [9.17, 15) is 18.0 Å². The second kappa shape index (κ2) is 6.63. The molecule has 0 heterocycles. The molecule has 0 aliphatic rings. The number of hydrogen-bond donors (Lipinski definition) is 0. The van der Waals surface area contributed by atoms with Crippen LogP contribution in [0, 0.1) is 11.8 Å². The lowest BCUT2D eigenvalue weighted by Crippen LogP contribution is -2.25. The third-order valence-corrected chi connectivity index (χ3v) is 2.83. The van der Waals surface area contributed by atoms with Crippen LogP contribution in [0.25, 0.3) is 0 Å². The molecule has 1 atom stereocenters. The second-order valence-electron chi connectivity index (χ2n) is 4.67. The van der Waals surface area contributed by atoms with Crippen LogP contribution in [0.1, 0.15) is 27.2 Å². The maximum atomic E-state index is 12.2. The summed E-state index contributed by atoms with van der Waals surface area (Å²) in [6.45, 7) is 5.53. The maximum Gasteiger partial charge on any atom is 0.573 e. The molecule has 1 aromatic rings. The summed E-state index contributed by atoms with van der Waals surface area (Å²) in [5.74, 6) is -1.63. The molecular formula is C14H17F3O3. The zero-order valence-electron chi connectivity index (χ0n) is 11.5. The lowest BCUT2D eigenvalue weighted by atomic mass is 9.93. The molecule has 6 heteroatoms. The van der Waals surface area contributed by atoms with Gasteiger partial charge in [0.25, 0.3) is 0 Å². The van der Waals surface area contributed by atoms with Crippen LogP contribution in [0.2, 0.25) is 0 Å². The molecule has 20 heavy (non-hydrogen) atoms. The highest BCUT2D eigenvalue weighted by atomic mass is 19.4. The van der Waals surface area contributed by atoms with Gasteiger partial charge in [0.15, 0.2) is 11.5 Å². The largest absolute Gasteiger partial charge is 0.573 e. The Hall–Kier alpha value is -1.72. The average Bonchev–Trinajstić information content (AvgIpc) is 2.30. The Bertz CT molecular complexity index is 455. The lowest BCUT2D eigenvalue weighted by molar-refractivity contribution is -0.275. The number of esters is 1. The van der Waals surface area contributed by atoms with E-state index in [1.807, 2.05) is 20.8 Å². The quantitative estimate of drug-likeness (QED) is 0.603. The van der Waals surface area contributed by atoms with Crippen molar-refractivity contribution in [1.82, 2.24) is 0 Å². The zero-order chi connectivity index (χ0) is 15.3. The predicted molar refractivity (Wildman–Crippen MR) is 67.4 cm³/mol. The average molecular weight is 290 g/mol. The van der Waals surface area contributed by atoms with Crippen molar-refractivity contribution in [2.75, 3.05) is 0 Å². The molecule has 0 bridgehead atoms. The van der Waals surface area contributed by atoms with E-state index in [0.29, 0.717) is 6.42 Å². The number of benzene rings is 1. The Labute approximate surface area is 115 Å². The van der Waals surface area contributed by atoms with E-state index in [0.717, 1.165) is 6.07 Å². The van der Waals surface area contributed by atoms with Gasteiger partial charge in [-0.25, -0.2) is 0 Å². The summed E-state index contributed by atoms with van der Waals surface area (Å²) in [4.78, 5) is 11.9. The highest BCUT2D eigenvalue weighted by Crippen LogP contribution is 2.32. The van der Waals surface area contributed by atoms with Crippen molar-refractivity contribution in [2.24, 2.45) is 11.8 Å². The van der Waals surface area contributed by atoms with Crippen molar-refractivity contribution in [3.05, 3.63) is 24.3 Å². The molecule has 0 aliphatic carbocycles. The minimum absolute atomic E-state index is 0.0446. The summed E-state index contributed by atoms with van der Waals surface area (Å²) in [5.41, 5.74) is 0. The van der Waals surface area contributed by atoms with Crippen LogP contribution < -0.4 is 9.47 Å². The fraction of sp³-hybridized carbons (Fsp3) is 0.500. The van der Waals surface area contributed by atoms with Gasteiger partial charge in [0.05, 0.1) is 5.92 Å². The predicted octanol–water partition coefficient (Wildman–Crippen LogP) is 4.17. The Balaban J connectivity index is 2.90. The Morgan fingerprint density at radius 1 is 1.20 bits per heavy atom. The molecule has 1 rings (SSSR count). The van der Waals surface area contributed by atoms with Gasteiger partial charge < -0.3 is 9.47 Å². The molecule has 3 nitrogen and oxygen atoms in total. The number of hydrogen-bond acceptors (Lipinski definition) is 3. The van der Waals surface area contributed by atoms with Crippen molar-refractivity contribution in [3.63, 3.8) is 0 Å². The SMILES string of the molecule is CCC(C(=O)Oc1ccccc1OC(F)(F)F)C(C)C. The minimum atomic E-state index is -4.83. The van der Waals surface area contributed by atoms with Crippen molar-refractivity contribution in [2.45, 2.75) is 33.6 Å². The van der Waals surface area contributed by atoms with Crippen LogP contribution in [0.4, 0.5) is 13.2 Å². The van der Waals surface area contributed by atoms with Gasteiger partial charge in [-0.3, -0.25) is 4.79 Å². The van der Waals surface area contributed by atoms with Crippen molar-refractivity contribution < 1.29 is 27.4 Å². The first kappa shape index (κ1) is 16.3. The third-order valence-electron chi connectivity index (χ3n) is 2.83. The zero-order valence-corrected chi connectivity index (χ0v) is 11.5. The van der Waals surface area contributed by atoms with Gasteiger partial charge in [-0.05, 0) is 24.5 Å². The van der Waals surface area contributed by atoms with E-state index in [1.54, 1.807) is 0 Å². The van der Waals surface area contributed by atoms with E-state index in [2.05, 4.69) is 4.74 Å². The van der Waals surface area contributed by atoms with Crippen molar-refractivity contribution >= 4 is 5.97 Å². The summed E-state index contributed by atoms with van der Waals surface area (Å²) >= 11 is 0. The van der Waals surface area contributed by atoms with Crippen molar-refractivity contribution in [1.29, 1.82) is 0 Å². The molecule has 0 spiro atoms. The van der Waals surface area contributed by atoms with Gasteiger partial charge >= 0.3 is 12.3 Å². The second-order valence-corrected chi connectivity index (χ2v) is 4.67. The Morgan fingerprint density at radius 3 is 2.20 bits per heavy atom. The topological polar surface area (TPSA) is 35.5 Å². The number of halogens is 3. The van der Waals surface area contributed by atoms with Crippen LogP contribution in [0.15, 0.2) is 24.3 Å². The molecular weight excluding hydrogens is 273 g/mol. The number of rotatable bonds is 5. The monoisotopic (exact) mass is 290 g/mol. The number of carbonyl (C=O) groups excluding carboxylic acids is 1. The summed E-state index contributed by atoms with van der Waals surface area (Å²) in [6, 6.07) is 5.22. The van der Waals surface area contributed by atoms with Gasteiger partial charge in [-0.2, -0.15) is 0 Å². The van der Waals surface area contributed by atoms with E-state index < -0.39 is 18.1 Å². The summed E-state index contributed by atoms with van der Waals surface area (Å²) in [7, 11) is 0. The first-order chi connectivity index (χ1) is 9.24. The Morgan fingerprint density at radius 2 is 1.75 bits per heavy atom. The number of carbonyl (C=O) groups is 1. The van der Waals surface area contributed by atoms with Gasteiger partial charge in [0.2, 0.25) is 0 Å². The third kappa shape index (κ3) is 4.75. The summed E-state index contributed by atoms with van der Waals surface area (Å²) < 4.78 is 45.6. The van der Waals surface area contributed by atoms with Crippen LogP contribution in [-0.2, 0) is 4.79 Å². The van der Waals surface area contributed by atoms with Crippen LogP contribution in [0.3, 0.4) is 0 Å². The maximum absolute atomic E-state index is 12.2. The fourth-order valence-electron chi connectivity index (χ4n) is 1.84. The van der Waals surface area contributed by atoms with E-state index in [-0.39, 0.29) is 17.6 Å². The molecule has 0 saturated carbocycles. The summed E-state index contributed by atoms with van der Waals surface area (Å²) in [6.07, 6.45) is -4.27. The minimum Gasteiger partial charge on any atom is -0.422 e. The highest BCUT2D eigenvalue weighted by molar-refractivity contribution is 5.76. The fourth-order valence-corrected chi connectivity index (χ4v) is 1.84. The first-order valence-corrected chi connectivity index (χ1v) is 6.31. The first-order valence-electron chi connectivity index (χ1n) is 6.31. The smallest absolute Gasteiger partial charge is 0.422 e. The molecule has 0 radical (unpaired) electrons. The van der Waals surface area contributed by atoms with E-state index in [1.165, 1.54) is 18.2 Å². The molecule has 0 fully saturated rings. The van der Waals surface area contributed by atoms with Gasteiger partial charge in [-0.15, -0.1) is 13.2 Å². The Kier molecular flexibility index (Phi) is 5.42. The molecule has 0 N–H and O–H groups in total. The van der Waals surface area contributed by atoms with Crippen LogP contribution >= 0.6 is 0 Å². The van der Waals surface area contributed by atoms with Gasteiger partial charge in [-0.1, -0.05) is 32.9 Å². The van der Waals surface area contributed by atoms with Gasteiger partial charge in [0.1, 0.15) is 0 Å². The van der Waals surface area contributed by atoms with E-state index >= 15 is 0 Å². The van der Waals surface area contributed by atoms with Crippen molar-refractivity contribution in [3.8, 4) is 11.5 Å². The molecule has 0 amide bonds. The number of ether oxygens (including phenoxy) is 2. The molecule has 1 unspecified atom stereocenters.